The number of carbonyl (C=O) groups excluding carboxylic acids is 1. The lowest BCUT2D eigenvalue weighted by atomic mass is 10.2. The summed E-state index contributed by atoms with van der Waals surface area (Å²) in [7, 11) is 3.49. The third kappa shape index (κ3) is 3.01. The highest BCUT2D eigenvalue weighted by Crippen LogP contribution is 2.22. The summed E-state index contributed by atoms with van der Waals surface area (Å²) in [6.07, 6.45) is 3.54. The van der Waals surface area contributed by atoms with E-state index in [9.17, 15) is 9.18 Å². The van der Waals surface area contributed by atoms with Crippen LogP contribution in [0.1, 0.15) is 15.9 Å². The molecular weight excluding hydrogens is 313 g/mol. The van der Waals surface area contributed by atoms with Gasteiger partial charge in [0.05, 0.1) is 16.2 Å². The summed E-state index contributed by atoms with van der Waals surface area (Å²) in [5, 5.41) is 4.04. The van der Waals surface area contributed by atoms with Crippen LogP contribution < -0.4 is 0 Å². The maximum Gasteiger partial charge on any atom is 0.255 e. The van der Waals surface area contributed by atoms with Crippen molar-refractivity contribution in [3.8, 4) is 0 Å². The van der Waals surface area contributed by atoms with Gasteiger partial charge in [0.2, 0.25) is 0 Å². The standard InChI is InChI=1S/C13H13BrFN3O/c1-17(7-9-6-16-18(2)8-9)13(19)10-4-3-5-11(15)12(10)14/h3-6,8H,7H2,1-2H3. The van der Waals surface area contributed by atoms with Crippen molar-refractivity contribution in [3.63, 3.8) is 0 Å². The molecule has 1 aromatic heterocycles. The lowest BCUT2D eigenvalue weighted by Crippen LogP contribution is -2.26. The molecule has 2 rings (SSSR count). The zero-order valence-electron chi connectivity index (χ0n) is 10.6. The fourth-order valence-corrected chi connectivity index (χ4v) is 2.21. The van der Waals surface area contributed by atoms with Gasteiger partial charge in [0, 0.05) is 32.4 Å². The van der Waals surface area contributed by atoms with E-state index in [0.717, 1.165) is 5.56 Å². The van der Waals surface area contributed by atoms with Crippen LogP contribution in [0.25, 0.3) is 0 Å². The summed E-state index contributed by atoms with van der Waals surface area (Å²) >= 11 is 3.10. The maximum absolute atomic E-state index is 13.4. The molecule has 2 aromatic rings. The molecule has 0 aliphatic heterocycles. The molecule has 0 spiro atoms. The molecule has 1 heterocycles. The highest BCUT2D eigenvalue weighted by atomic mass is 79.9. The molecule has 0 bridgehead atoms. The fraction of sp³-hybridized carbons (Fsp3) is 0.231. The number of aromatic nitrogens is 2. The molecule has 0 fully saturated rings. The first-order chi connectivity index (χ1) is 8.99. The molecule has 6 heteroatoms. The van der Waals surface area contributed by atoms with Crippen LogP contribution in [0.4, 0.5) is 4.39 Å². The maximum atomic E-state index is 13.4. The van der Waals surface area contributed by atoms with Gasteiger partial charge in [-0.05, 0) is 28.1 Å². The predicted octanol–water partition coefficient (Wildman–Crippen LogP) is 2.59. The molecule has 19 heavy (non-hydrogen) atoms. The number of amides is 1. The molecule has 0 radical (unpaired) electrons. The van der Waals surface area contributed by atoms with Crippen LogP contribution in [-0.4, -0.2) is 27.6 Å². The Morgan fingerprint density at radius 1 is 1.53 bits per heavy atom. The number of halogens is 2. The summed E-state index contributed by atoms with van der Waals surface area (Å²) in [4.78, 5) is 13.8. The number of aryl methyl sites for hydroxylation is 1. The van der Waals surface area contributed by atoms with Crippen LogP contribution in [0.2, 0.25) is 0 Å². The number of rotatable bonds is 3. The molecule has 4 nitrogen and oxygen atoms in total. The molecule has 0 aliphatic carbocycles. The predicted molar refractivity (Wildman–Crippen MR) is 73.1 cm³/mol. The van der Waals surface area contributed by atoms with Crippen LogP contribution >= 0.6 is 15.9 Å². The van der Waals surface area contributed by atoms with Gasteiger partial charge < -0.3 is 4.90 Å². The number of nitrogens with zero attached hydrogens (tertiary/aromatic N) is 3. The third-order valence-electron chi connectivity index (χ3n) is 2.71. The quantitative estimate of drug-likeness (QED) is 0.870. The molecule has 1 aromatic carbocycles. The highest BCUT2D eigenvalue weighted by Gasteiger charge is 2.17. The van der Waals surface area contributed by atoms with Gasteiger partial charge in [-0.3, -0.25) is 9.48 Å². The molecule has 0 unspecified atom stereocenters. The Morgan fingerprint density at radius 2 is 2.26 bits per heavy atom. The second kappa shape index (κ2) is 5.52. The SMILES string of the molecule is CN(Cc1cnn(C)c1)C(=O)c1cccc(F)c1Br. The average Bonchev–Trinajstić information content (AvgIpc) is 2.77. The summed E-state index contributed by atoms with van der Waals surface area (Å²) in [5.41, 5.74) is 1.23. The number of hydrogen-bond donors (Lipinski definition) is 0. The van der Waals surface area contributed by atoms with Gasteiger partial charge in [0.25, 0.3) is 5.91 Å². The van der Waals surface area contributed by atoms with E-state index in [-0.39, 0.29) is 10.4 Å². The zero-order chi connectivity index (χ0) is 14.0. The molecule has 0 saturated heterocycles. The molecule has 1 amide bonds. The Bertz CT molecular complexity index is 612. The monoisotopic (exact) mass is 325 g/mol. The summed E-state index contributed by atoms with van der Waals surface area (Å²) in [6, 6.07) is 4.42. The Labute approximate surface area is 119 Å². The summed E-state index contributed by atoms with van der Waals surface area (Å²) in [5.74, 6) is -0.684. The normalized spacial score (nSPS) is 10.5. The van der Waals surface area contributed by atoms with Crippen LogP contribution in [0.3, 0.4) is 0 Å². The Morgan fingerprint density at radius 3 is 2.89 bits per heavy atom. The van der Waals surface area contributed by atoms with Crippen molar-refractivity contribution in [2.45, 2.75) is 6.54 Å². The first kappa shape index (κ1) is 13.7. The van der Waals surface area contributed by atoms with Crippen molar-refractivity contribution in [3.05, 3.63) is 52.0 Å². The van der Waals surface area contributed by atoms with Crippen molar-refractivity contribution < 1.29 is 9.18 Å². The van der Waals surface area contributed by atoms with Crippen molar-refractivity contribution in [2.75, 3.05) is 7.05 Å². The van der Waals surface area contributed by atoms with Gasteiger partial charge in [0.1, 0.15) is 5.82 Å². The molecule has 0 atom stereocenters. The average molecular weight is 326 g/mol. The number of benzene rings is 1. The molecular formula is C13H13BrFN3O. The smallest absolute Gasteiger partial charge is 0.255 e. The van der Waals surface area contributed by atoms with E-state index in [4.69, 9.17) is 0 Å². The number of carbonyl (C=O) groups is 1. The van der Waals surface area contributed by atoms with E-state index in [1.54, 1.807) is 24.0 Å². The lowest BCUT2D eigenvalue weighted by molar-refractivity contribution is 0.0783. The topological polar surface area (TPSA) is 38.1 Å². The highest BCUT2D eigenvalue weighted by molar-refractivity contribution is 9.10. The molecule has 0 N–H and O–H groups in total. The molecule has 100 valence electrons. The third-order valence-corrected chi connectivity index (χ3v) is 3.51. The van der Waals surface area contributed by atoms with Gasteiger partial charge in [-0.2, -0.15) is 5.10 Å². The molecule has 0 saturated carbocycles. The second-order valence-electron chi connectivity index (χ2n) is 4.28. The Kier molecular flexibility index (Phi) is 3.99. The van der Waals surface area contributed by atoms with Gasteiger partial charge in [-0.1, -0.05) is 6.07 Å². The first-order valence-electron chi connectivity index (χ1n) is 5.66. The van der Waals surface area contributed by atoms with E-state index in [1.807, 2.05) is 13.2 Å². The second-order valence-corrected chi connectivity index (χ2v) is 5.08. The minimum absolute atomic E-state index is 0.193. The van der Waals surface area contributed by atoms with Crippen molar-refractivity contribution >= 4 is 21.8 Å². The van der Waals surface area contributed by atoms with Crippen molar-refractivity contribution in [2.24, 2.45) is 7.05 Å². The summed E-state index contributed by atoms with van der Waals surface area (Å²) in [6.45, 7) is 0.426. The largest absolute Gasteiger partial charge is 0.337 e. The van der Waals surface area contributed by atoms with Crippen molar-refractivity contribution in [1.82, 2.24) is 14.7 Å². The van der Waals surface area contributed by atoms with E-state index >= 15 is 0 Å². The Hall–Kier alpha value is -1.69. The Balaban J connectivity index is 2.17. The van der Waals surface area contributed by atoms with Crippen molar-refractivity contribution in [1.29, 1.82) is 0 Å². The van der Waals surface area contributed by atoms with Crippen LogP contribution in [0, 0.1) is 5.82 Å². The minimum Gasteiger partial charge on any atom is -0.337 e. The minimum atomic E-state index is -0.444. The van der Waals surface area contributed by atoms with Gasteiger partial charge in [-0.15, -0.1) is 0 Å². The fourth-order valence-electron chi connectivity index (χ4n) is 1.77. The van der Waals surface area contributed by atoms with Gasteiger partial charge in [0.15, 0.2) is 0 Å². The molecule has 0 aliphatic rings. The van der Waals surface area contributed by atoms with Crippen LogP contribution in [0.5, 0.6) is 0 Å². The van der Waals surface area contributed by atoms with Crippen LogP contribution in [-0.2, 0) is 13.6 Å². The number of hydrogen-bond acceptors (Lipinski definition) is 2. The van der Waals surface area contributed by atoms with Gasteiger partial charge >= 0.3 is 0 Å². The van der Waals surface area contributed by atoms with Crippen LogP contribution in [0.15, 0.2) is 35.1 Å². The van der Waals surface area contributed by atoms with Gasteiger partial charge in [-0.25, -0.2) is 4.39 Å². The first-order valence-corrected chi connectivity index (χ1v) is 6.45. The van der Waals surface area contributed by atoms with E-state index in [0.29, 0.717) is 12.1 Å². The summed E-state index contributed by atoms with van der Waals surface area (Å²) < 4.78 is 15.3. The lowest BCUT2D eigenvalue weighted by Gasteiger charge is -2.17. The zero-order valence-corrected chi connectivity index (χ0v) is 12.2. The van der Waals surface area contributed by atoms with E-state index < -0.39 is 5.82 Å². The van der Waals surface area contributed by atoms with E-state index in [1.165, 1.54) is 17.0 Å². The van der Waals surface area contributed by atoms with E-state index in [2.05, 4.69) is 21.0 Å².